The van der Waals surface area contributed by atoms with E-state index < -0.39 is 0 Å². The van der Waals surface area contributed by atoms with Gasteiger partial charge in [0.15, 0.2) is 0 Å². The Morgan fingerprint density at radius 3 is 2.65 bits per heavy atom. The summed E-state index contributed by atoms with van der Waals surface area (Å²) in [5.41, 5.74) is 3.54. The summed E-state index contributed by atoms with van der Waals surface area (Å²) >= 11 is 6.01. The van der Waals surface area contributed by atoms with Crippen molar-refractivity contribution in [1.29, 1.82) is 0 Å². The maximum atomic E-state index is 6.01. The number of halogens is 1. The van der Waals surface area contributed by atoms with Gasteiger partial charge in [0.25, 0.3) is 0 Å². The molecule has 0 heterocycles. The van der Waals surface area contributed by atoms with Crippen LogP contribution >= 0.6 is 11.6 Å². The van der Waals surface area contributed by atoms with Crippen LogP contribution < -0.4 is 11.3 Å². The van der Waals surface area contributed by atoms with Gasteiger partial charge in [0.2, 0.25) is 0 Å². The Bertz CT molecular complexity index is 359. The molecule has 0 aliphatic rings. The van der Waals surface area contributed by atoms with Crippen molar-refractivity contribution >= 4 is 11.6 Å². The van der Waals surface area contributed by atoms with Crippen LogP contribution in [0, 0.1) is 0 Å². The number of rotatable bonds is 6. The summed E-state index contributed by atoms with van der Waals surface area (Å²) < 4.78 is 5.84. The topological polar surface area (TPSA) is 47.3 Å². The molecule has 2 atom stereocenters. The van der Waals surface area contributed by atoms with Crippen molar-refractivity contribution in [2.45, 2.75) is 38.8 Å². The molecule has 0 spiro atoms. The predicted octanol–water partition coefficient (Wildman–Crippen LogP) is 3.05. The summed E-state index contributed by atoms with van der Waals surface area (Å²) in [6, 6.07) is 7.61. The van der Waals surface area contributed by atoms with Crippen molar-refractivity contribution in [2.24, 2.45) is 5.84 Å². The Labute approximate surface area is 108 Å². The summed E-state index contributed by atoms with van der Waals surface area (Å²) in [5, 5.41) is 0.706. The fourth-order valence-electron chi connectivity index (χ4n) is 2.03. The third-order valence-electron chi connectivity index (χ3n) is 3.14. The molecule has 1 aromatic carbocycles. The molecule has 0 saturated carbocycles. The van der Waals surface area contributed by atoms with Gasteiger partial charge in [-0.2, -0.15) is 0 Å². The van der Waals surface area contributed by atoms with Crippen molar-refractivity contribution in [3.8, 4) is 0 Å². The highest BCUT2D eigenvalue weighted by Crippen LogP contribution is 2.32. The van der Waals surface area contributed by atoms with Crippen LogP contribution in [0.3, 0.4) is 0 Å². The molecule has 0 radical (unpaired) electrons. The molecule has 0 aromatic heterocycles. The third kappa shape index (κ3) is 3.42. The van der Waals surface area contributed by atoms with E-state index in [9.17, 15) is 0 Å². The van der Waals surface area contributed by atoms with Gasteiger partial charge in [0, 0.05) is 11.6 Å². The molecular formula is C13H21ClN2O. The van der Waals surface area contributed by atoms with Gasteiger partial charge >= 0.3 is 0 Å². The van der Waals surface area contributed by atoms with E-state index in [0.717, 1.165) is 12.0 Å². The Morgan fingerprint density at radius 2 is 2.18 bits per heavy atom. The molecule has 0 bridgehead atoms. The third-order valence-corrected chi connectivity index (χ3v) is 3.37. The van der Waals surface area contributed by atoms with Crippen molar-refractivity contribution in [3.63, 3.8) is 0 Å². The van der Waals surface area contributed by atoms with Crippen molar-refractivity contribution in [1.82, 2.24) is 5.43 Å². The minimum absolute atomic E-state index is 0.0776. The lowest BCUT2D eigenvalue weighted by Gasteiger charge is -2.36. The highest BCUT2D eigenvalue weighted by Gasteiger charge is 2.33. The fraction of sp³-hybridized carbons (Fsp3) is 0.538. The first-order valence-electron chi connectivity index (χ1n) is 5.93. The van der Waals surface area contributed by atoms with Crippen molar-refractivity contribution in [3.05, 3.63) is 34.9 Å². The molecule has 0 amide bonds. The van der Waals surface area contributed by atoms with E-state index in [-0.39, 0.29) is 11.6 Å². The Kier molecular flexibility index (Phi) is 5.40. The molecule has 4 heteroatoms. The molecular weight excluding hydrogens is 236 g/mol. The summed E-state index contributed by atoms with van der Waals surface area (Å²) in [5.74, 6) is 5.67. The zero-order valence-electron chi connectivity index (χ0n) is 10.7. The van der Waals surface area contributed by atoms with Gasteiger partial charge < -0.3 is 4.74 Å². The smallest absolute Gasteiger partial charge is 0.0858 e. The van der Waals surface area contributed by atoms with Crippen LogP contribution in [0.2, 0.25) is 5.02 Å². The van der Waals surface area contributed by atoms with Crippen LogP contribution in [-0.4, -0.2) is 12.2 Å². The van der Waals surface area contributed by atoms with E-state index in [1.165, 1.54) is 0 Å². The van der Waals surface area contributed by atoms with E-state index in [2.05, 4.69) is 19.3 Å². The predicted molar refractivity (Wildman–Crippen MR) is 71.8 cm³/mol. The van der Waals surface area contributed by atoms with Gasteiger partial charge in [-0.1, -0.05) is 30.7 Å². The second-order valence-corrected chi connectivity index (χ2v) is 4.69. The Morgan fingerprint density at radius 1 is 1.47 bits per heavy atom. The van der Waals surface area contributed by atoms with Crippen molar-refractivity contribution < 1.29 is 4.74 Å². The van der Waals surface area contributed by atoms with Crippen LogP contribution in [0.1, 0.15) is 38.8 Å². The normalized spacial score (nSPS) is 16.5. The van der Waals surface area contributed by atoms with Crippen LogP contribution in [0.5, 0.6) is 0 Å². The van der Waals surface area contributed by atoms with E-state index in [4.69, 9.17) is 22.2 Å². The maximum Gasteiger partial charge on any atom is 0.0858 e. The minimum Gasteiger partial charge on any atom is -0.374 e. The second kappa shape index (κ2) is 6.36. The van der Waals surface area contributed by atoms with Gasteiger partial charge in [-0.25, -0.2) is 0 Å². The first-order chi connectivity index (χ1) is 8.07. The molecule has 17 heavy (non-hydrogen) atoms. The van der Waals surface area contributed by atoms with Crippen LogP contribution in [0.25, 0.3) is 0 Å². The fourth-order valence-corrected chi connectivity index (χ4v) is 2.23. The van der Waals surface area contributed by atoms with E-state index in [1.54, 1.807) is 0 Å². The molecule has 1 aromatic rings. The number of hydrazine groups is 1. The maximum absolute atomic E-state index is 6.01. The quantitative estimate of drug-likeness (QED) is 0.608. The average Bonchev–Trinajstić information content (AvgIpc) is 2.30. The number of benzene rings is 1. The van der Waals surface area contributed by atoms with E-state index in [0.29, 0.717) is 11.6 Å². The summed E-state index contributed by atoms with van der Waals surface area (Å²) in [7, 11) is 0. The molecule has 3 nitrogen and oxygen atoms in total. The number of hydrogen-bond donors (Lipinski definition) is 2. The van der Waals surface area contributed by atoms with Gasteiger partial charge in [0.1, 0.15) is 0 Å². The summed E-state index contributed by atoms with van der Waals surface area (Å²) in [6.45, 7) is 6.79. The van der Waals surface area contributed by atoms with Crippen LogP contribution in [0.15, 0.2) is 24.3 Å². The second-order valence-electron chi connectivity index (χ2n) is 4.25. The molecule has 1 rings (SSSR count). The molecule has 96 valence electrons. The minimum atomic E-state index is -0.339. The zero-order valence-corrected chi connectivity index (χ0v) is 11.4. The number of nitrogens with two attached hydrogens (primary N) is 1. The largest absolute Gasteiger partial charge is 0.374 e. The van der Waals surface area contributed by atoms with Gasteiger partial charge in [-0.05, 0) is 38.0 Å². The van der Waals surface area contributed by atoms with Gasteiger partial charge in [0.05, 0.1) is 11.6 Å². The molecule has 3 N–H and O–H groups in total. The van der Waals surface area contributed by atoms with E-state index >= 15 is 0 Å². The van der Waals surface area contributed by atoms with E-state index in [1.807, 2.05) is 31.2 Å². The first-order valence-corrected chi connectivity index (χ1v) is 6.30. The van der Waals surface area contributed by atoms with Crippen LogP contribution in [-0.2, 0) is 4.74 Å². The number of nitrogens with one attached hydrogen (secondary N) is 1. The summed E-state index contributed by atoms with van der Waals surface area (Å²) in [4.78, 5) is 0. The lowest BCUT2D eigenvalue weighted by molar-refractivity contribution is -0.0564. The lowest BCUT2D eigenvalue weighted by Crippen LogP contribution is -2.46. The highest BCUT2D eigenvalue weighted by atomic mass is 35.5. The molecule has 0 aliphatic heterocycles. The first kappa shape index (κ1) is 14.5. The van der Waals surface area contributed by atoms with Gasteiger partial charge in [-0.15, -0.1) is 0 Å². The zero-order chi connectivity index (χ0) is 12.9. The lowest BCUT2D eigenvalue weighted by atomic mass is 9.88. The highest BCUT2D eigenvalue weighted by molar-refractivity contribution is 6.30. The summed E-state index contributed by atoms with van der Waals surface area (Å²) in [6.07, 6.45) is 0.863. The van der Waals surface area contributed by atoms with Gasteiger partial charge in [-0.3, -0.25) is 11.3 Å². The Balaban J connectivity index is 3.04. The Hall–Kier alpha value is -0.610. The standard InChI is InChI=1S/C13H21ClN2O/c1-4-13(3,17-5-2)12(16-15)10-7-6-8-11(14)9-10/h6-9,12,16H,4-5,15H2,1-3H3. The number of ether oxygens (including phenoxy) is 1. The SMILES string of the molecule is CCOC(C)(CC)C(NN)c1cccc(Cl)c1. The van der Waals surface area contributed by atoms with Crippen LogP contribution in [0.4, 0.5) is 0 Å². The average molecular weight is 257 g/mol. The molecule has 2 unspecified atom stereocenters. The monoisotopic (exact) mass is 256 g/mol. The van der Waals surface area contributed by atoms with Crippen molar-refractivity contribution in [2.75, 3.05) is 6.61 Å². The molecule has 0 saturated heterocycles. The molecule has 0 aliphatic carbocycles. The molecule has 0 fully saturated rings. The number of hydrogen-bond acceptors (Lipinski definition) is 3.